The van der Waals surface area contributed by atoms with Gasteiger partial charge in [0.15, 0.2) is 6.29 Å². The lowest BCUT2D eigenvalue weighted by molar-refractivity contribution is 0.112. The van der Waals surface area contributed by atoms with Gasteiger partial charge in [-0.3, -0.25) is 4.79 Å². The van der Waals surface area contributed by atoms with E-state index in [4.69, 9.17) is 0 Å². The molecule has 82 valence electrons. The van der Waals surface area contributed by atoms with Gasteiger partial charge >= 0.3 is 0 Å². The van der Waals surface area contributed by atoms with Crippen molar-refractivity contribution in [2.24, 2.45) is 0 Å². The first-order valence-electron chi connectivity index (χ1n) is 5.59. The standard InChI is InChI=1S/C13H14N2O/c1-9-2-3-10-11(8-16)13-7-14-4-5-15(13)12(10)6-9/h2-3,6,8,14H,4-5,7H2,1H3. The summed E-state index contributed by atoms with van der Waals surface area (Å²) in [7, 11) is 0. The highest BCUT2D eigenvalue weighted by Crippen LogP contribution is 2.27. The topological polar surface area (TPSA) is 34.0 Å². The van der Waals surface area contributed by atoms with E-state index < -0.39 is 0 Å². The molecule has 16 heavy (non-hydrogen) atoms. The van der Waals surface area contributed by atoms with Crippen LogP contribution in [0.1, 0.15) is 21.6 Å². The van der Waals surface area contributed by atoms with Crippen LogP contribution in [-0.4, -0.2) is 17.4 Å². The van der Waals surface area contributed by atoms with Gasteiger partial charge in [0.2, 0.25) is 0 Å². The van der Waals surface area contributed by atoms with Crippen molar-refractivity contribution >= 4 is 17.2 Å². The van der Waals surface area contributed by atoms with E-state index in [1.165, 1.54) is 11.1 Å². The minimum Gasteiger partial charge on any atom is -0.341 e. The van der Waals surface area contributed by atoms with Crippen LogP contribution in [0.5, 0.6) is 0 Å². The highest BCUT2D eigenvalue weighted by Gasteiger charge is 2.18. The summed E-state index contributed by atoms with van der Waals surface area (Å²) < 4.78 is 2.27. The molecule has 0 saturated carbocycles. The molecule has 1 N–H and O–H groups in total. The number of benzene rings is 1. The molecule has 3 heteroatoms. The van der Waals surface area contributed by atoms with Crippen LogP contribution in [0.15, 0.2) is 18.2 Å². The van der Waals surface area contributed by atoms with Gasteiger partial charge in [0.05, 0.1) is 0 Å². The van der Waals surface area contributed by atoms with Crippen molar-refractivity contribution in [2.75, 3.05) is 6.54 Å². The van der Waals surface area contributed by atoms with Gasteiger partial charge in [0, 0.05) is 41.8 Å². The molecule has 0 saturated heterocycles. The summed E-state index contributed by atoms with van der Waals surface area (Å²) >= 11 is 0. The van der Waals surface area contributed by atoms with Crippen LogP contribution in [0, 0.1) is 6.92 Å². The lowest BCUT2D eigenvalue weighted by Crippen LogP contribution is -2.28. The first kappa shape index (κ1) is 9.60. The molecule has 0 radical (unpaired) electrons. The van der Waals surface area contributed by atoms with E-state index in [1.54, 1.807) is 0 Å². The van der Waals surface area contributed by atoms with E-state index in [0.29, 0.717) is 0 Å². The number of aryl methyl sites for hydroxylation is 1. The summed E-state index contributed by atoms with van der Waals surface area (Å²) in [4.78, 5) is 11.2. The normalized spacial score (nSPS) is 15.1. The van der Waals surface area contributed by atoms with Gasteiger partial charge < -0.3 is 9.88 Å². The molecular formula is C13H14N2O. The molecule has 0 bridgehead atoms. The molecule has 3 rings (SSSR count). The molecule has 0 unspecified atom stereocenters. The number of rotatable bonds is 1. The molecule has 2 aromatic rings. The first-order chi connectivity index (χ1) is 7.81. The number of carbonyl (C=O) groups excluding carboxylic acids is 1. The Hall–Kier alpha value is -1.61. The number of aldehydes is 1. The monoisotopic (exact) mass is 214 g/mol. The van der Waals surface area contributed by atoms with Gasteiger partial charge in [-0.25, -0.2) is 0 Å². The molecule has 1 aromatic carbocycles. The third-order valence-corrected chi connectivity index (χ3v) is 3.29. The Balaban J connectivity index is 2.41. The van der Waals surface area contributed by atoms with Crippen LogP contribution >= 0.6 is 0 Å². The molecule has 1 aliphatic heterocycles. The molecule has 0 aliphatic carbocycles. The summed E-state index contributed by atoms with van der Waals surface area (Å²) in [6, 6.07) is 6.28. The average Bonchev–Trinajstić information content (AvgIpc) is 2.62. The summed E-state index contributed by atoms with van der Waals surface area (Å²) in [6.45, 7) is 4.80. The van der Waals surface area contributed by atoms with Gasteiger partial charge in [-0.2, -0.15) is 0 Å². The van der Waals surface area contributed by atoms with Crippen LogP contribution in [0.25, 0.3) is 10.9 Å². The Bertz CT molecular complexity index is 569. The van der Waals surface area contributed by atoms with Crippen molar-refractivity contribution in [2.45, 2.75) is 20.0 Å². The van der Waals surface area contributed by atoms with Gasteiger partial charge in [0.1, 0.15) is 0 Å². The van der Waals surface area contributed by atoms with E-state index in [1.807, 2.05) is 0 Å². The van der Waals surface area contributed by atoms with Crippen LogP contribution in [-0.2, 0) is 13.1 Å². The summed E-state index contributed by atoms with van der Waals surface area (Å²) in [5.74, 6) is 0. The van der Waals surface area contributed by atoms with E-state index in [9.17, 15) is 4.79 Å². The third kappa shape index (κ3) is 1.21. The van der Waals surface area contributed by atoms with Crippen molar-refractivity contribution in [1.82, 2.24) is 9.88 Å². The molecule has 0 spiro atoms. The van der Waals surface area contributed by atoms with Crippen LogP contribution in [0.2, 0.25) is 0 Å². The Morgan fingerprint density at radius 3 is 3.12 bits per heavy atom. The largest absolute Gasteiger partial charge is 0.341 e. The van der Waals surface area contributed by atoms with Crippen LogP contribution in [0.4, 0.5) is 0 Å². The predicted octanol–water partition coefficient (Wildman–Crippen LogP) is 1.87. The van der Waals surface area contributed by atoms with Crippen molar-refractivity contribution < 1.29 is 4.79 Å². The van der Waals surface area contributed by atoms with Gasteiger partial charge in [0.25, 0.3) is 0 Å². The quantitative estimate of drug-likeness (QED) is 0.735. The van der Waals surface area contributed by atoms with E-state index >= 15 is 0 Å². The number of fused-ring (bicyclic) bond motifs is 3. The zero-order chi connectivity index (χ0) is 11.1. The number of nitrogens with zero attached hydrogens (tertiary/aromatic N) is 1. The zero-order valence-electron chi connectivity index (χ0n) is 9.29. The Labute approximate surface area is 94.1 Å². The van der Waals surface area contributed by atoms with E-state index in [2.05, 4.69) is 35.0 Å². The maximum atomic E-state index is 11.2. The second kappa shape index (κ2) is 3.46. The SMILES string of the molecule is Cc1ccc2c(C=O)c3n(c2c1)CCNC3. The molecular weight excluding hydrogens is 200 g/mol. The molecule has 2 heterocycles. The summed E-state index contributed by atoms with van der Waals surface area (Å²) in [6.07, 6.45) is 0.983. The van der Waals surface area contributed by atoms with Crippen molar-refractivity contribution in [3.63, 3.8) is 0 Å². The fourth-order valence-corrected chi connectivity index (χ4v) is 2.51. The second-order valence-electron chi connectivity index (χ2n) is 4.33. The van der Waals surface area contributed by atoms with E-state index in [-0.39, 0.29) is 0 Å². The van der Waals surface area contributed by atoms with Crippen molar-refractivity contribution in [1.29, 1.82) is 0 Å². The Morgan fingerprint density at radius 2 is 2.31 bits per heavy atom. The first-order valence-corrected chi connectivity index (χ1v) is 5.59. The lowest BCUT2D eigenvalue weighted by atomic mass is 10.1. The smallest absolute Gasteiger partial charge is 0.152 e. The molecule has 0 fully saturated rings. The van der Waals surface area contributed by atoms with Crippen molar-refractivity contribution in [3.05, 3.63) is 35.0 Å². The number of hydrogen-bond donors (Lipinski definition) is 1. The predicted molar refractivity (Wildman–Crippen MR) is 63.8 cm³/mol. The minimum absolute atomic E-state index is 0.793. The Kier molecular flexibility index (Phi) is 2.07. The number of carbonyl (C=O) groups is 1. The molecule has 1 aromatic heterocycles. The third-order valence-electron chi connectivity index (χ3n) is 3.29. The zero-order valence-corrected chi connectivity index (χ0v) is 9.29. The minimum atomic E-state index is 0.793. The highest BCUT2D eigenvalue weighted by molar-refractivity contribution is 5.99. The molecule has 0 atom stereocenters. The fourth-order valence-electron chi connectivity index (χ4n) is 2.51. The van der Waals surface area contributed by atoms with Gasteiger partial charge in [-0.15, -0.1) is 0 Å². The van der Waals surface area contributed by atoms with Crippen molar-refractivity contribution in [3.8, 4) is 0 Å². The summed E-state index contributed by atoms with van der Waals surface area (Å²) in [5.41, 5.74) is 4.41. The maximum absolute atomic E-state index is 11.2. The number of aromatic nitrogens is 1. The molecule has 1 aliphatic rings. The van der Waals surface area contributed by atoms with Gasteiger partial charge in [-0.05, 0) is 18.6 Å². The second-order valence-corrected chi connectivity index (χ2v) is 4.33. The van der Waals surface area contributed by atoms with Crippen LogP contribution < -0.4 is 5.32 Å². The molecule has 0 amide bonds. The number of hydrogen-bond acceptors (Lipinski definition) is 2. The van der Waals surface area contributed by atoms with Crippen LogP contribution in [0.3, 0.4) is 0 Å². The maximum Gasteiger partial charge on any atom is 0.152 e. The molecule has 3 nitrogen and oxygen atoms in total. The summed E-state index contributed by atoms with van der Waals surface area (Å²) in [5, 5.41) is 4.39. The highest BCUT2D eigenvalue weighted by atomic mass is 16.1. The average molecular weight is 214 g/mol. The van der Waals surface area contributed by atoms with Gasteiger partial charge in [-0.1, -0.05) is 12.1 Å². The lowest BCUT2D eigenvalue weighted by Gasteiger charge is -2.17. The van der Waals surface area contributed by atoms with E-state index in [0.717, 1.165) is 42.6 Å². The Morgan fingerprint density at radius 1 is 1.44 bits per heavy atom. The fraction of sp³-hybridized carbons (Fsp3) is 0.308. The number of nitrogens with one attached hydrogen (secondary N) is 1.